The summed E-state index contributed by atoms with van der Waals surface area (Å²) >= 11 is 6.10. The molecule has 0 saturated carbocycles. The molecule has 1 N–H and O–H groups in total. The molecule has 0 atom stereocenters. The summed E-state index contributed by atoms with van der Waals surface area (Å²) < 4.78 is 1.10. The van der Waals surface area contributed by atoms with Crippen molar-refractivity contribution in [1.29, 1.82) is 0 Å². The van der Waals surface area contributed by atoms with E-state index in [1.807, 2.05) is 0 Å². The molecule has 0 aliphatic rings. The summed E-state index contributed by atoms with van der Waals surface area (Å²) in [5.41, 5.74) is 3.71. The van der Waals surface area contributed by atoms with Crippen LogP contribution in [0.2, 0.25) is 5.02 Å². The molecule has 3 aromatic carbocycles. The Kier molecular flexibility index (Phi) is 5.46. The van der Waals surface area contributed by atoms with Gasteiger partial charge in [-0.25, -0.2) is 4.98 Å². The summed E-state index contributed by atoms with van der Waals surface area (Å²) in [6.07, 6.45) is -0.0771. The second-order valence-corrected chi connectivity index (χ2v) is 7.18. The van der Waals surface area contributed by atoms with Gasteiger partial charge in [0.25, 0.3) is 11.2 Å². The molecule has 1 amide bonds. The fourth-order valence-electron chi connectivity index (χ4n) is 3.14. The summed E-state index contributed by atoms with van der Waals surface area (Å²) in [6, 6.07) is 19.3. The molecule has 8 nitrogen and oxygen atoms in total. The number of non-ortho nitro benzene ring substituents is 1. The van der Waals surface area contributed by atoms with Gasteiger partial charge in [-0.3, -0.25) is 25.1 Å². The zero-order valence-electron chi connectivity index (χ0n) is 16.0. The van der Waals surface area contributed by atoms with Gasteiger partial charge in [0.1, 0.15) is 0 Å². The zero-order chi connectivity index (χ0) is 22.0. The molecule has 31 heavy (non-hydrogen) atoms. The molecule has 0 aliphatic heterocycles. The molecule has 0 radical (unpaired) electrons. The molecular formula is C22H15ClN4O4. The van der Waals surface area contributed by atoms with Gasteiger partial charge in [-0.15, -0.1) is 0 Å². The van der Waals surface area contributed by atoms with Crippen LogP contribution >= 0.6 is 11.6 Å². The number of benzene rings is 3. The molecule has 1 heterocycles. The van der Waals surface area contributed by atoms with Crippen LogP contribution in [0.3, 0.4) is 0 Å². The second kappa shape index (κ2) is 8.37. The number of halogens is 1. The number of carbonyl (C=O) groups excluding carboxylic acids is 1. The molecular weight excluding hydrogens is 420 g/mol. The molecule has 0 saturated heterocycles. The number of fused-ring (bicyclic) bond motifs is 1. The number of hydrogen-bond donors (Lipinski definition) is 1. The molecule has 0 unspecified atom stereocenters. The lowest BCUT2D eigenvalue weighted by molar-refractivity contribution is -0.384. The number of para-hydroxylation sites is 1. The smallest absolute Gasteiger partial charge is 0.273 e. The standard InChI is InChI=1S/C22H15ClN4O4/c23-16-5-3-4-15(13-16)21-24-19-7-2-1-6-18(19)22(29)26(21)25-20(28)12-14-8-10-17(11-9-14)27(30)31/h1-11,13H,12H2,(H,25,28). The van der Waals surface area contributed by atoms with Crippen molar-refractivity contribution in [3.63, 3.8) is 0 Å². The third kappa shape index (κ3) is 4.29. The number of amides is 1. The van der Waals surface area contributed by atoms with Crippen LogP contribution in [0.15, 0.2) is 77.6 Å². The Morgan fingerprint density at radius 2 is 1.81 bits per heavy atom. The lowest BCUT2D eigenvalue weighted by Gasteiger charge is -2.15. The van der Waals surface area contributed by atoms with Gasteiger partial charge in [-0.1, -0.05) is 48.0 Å². The number of rotatable bonds is 5. The van der Waals surface area contributed by atoms with Crippen LogP contribution in [0.25, 0.3) is 22.3 Å². The lowest BCUT2D eigenvalue weighted by Crippen LogP contribution is -2.35. The van der Waals surface area contributed by atoms with E-state index < -0.39 is 16.4 Å². The second-order valence-electron chi connectivity index (χ2n) is 6.74. The van der Waals surface area contributed by atoms with Gasteiger partial charge in [0.15, 0.2) is 5.82 Å². The van der Waals surface area contributed by atoms with Gasteiger partial charge in [-0.05, 0) is 29.8 Å². The number of hydrogen-bond acceptors (Lipinski definition) is 5. The van der Waals surface area contributed by atoms with Crippen LogP contribution in [-0.4, -0.2) is 20.5 Å². The fourth-order valence-corrected chi connectivity index (χ4v) is 3.33. The van der Waals surface area contributed by atoms with Crippen molar-refractivity contribution in [2.75, 3.05) is 5.43 Å². The Bertz CT molecular complexity index is 1370. The van der Waals surface area contributed by atoms with E-state index >= 15 is 0 Å². The SMILES string of the molecule is O=C(Cc1ccc([N+](=O)[O-])cc1)Nn1c(-c2cccc(Cl)c2)nc2ccccc2c1=O. The first-order valence-electron chi connectivity index (χ1n) is 9.23. The summed E-state index contributed by atoms with van der Waals surface area (Å²) in [5, 5.41) is 11.6. The van der Waals surface area contributed by atoms with E-state index in [0.29, 0.717) is 27.1 Å². The van der Waals surface area contributed by atoms with Crippen molar-refractivity contribution in [2.45, 2.75) is 6.42 Å². The Balaban J connectivity index is 1.72. The van der Waals surface area contributed by atoms with Gasteiger partial charge >= 0.3 is 0 Å². The van der Waals surface area contributed by atoms with Gasteiger partial charge in [0.05, 0.1) is 22.2 Å². The molecule has 0 spiro atoms. The van der Waals surface area contributed by atoms with E-state index in [-0.39, 0.29) is 17.9 Å². The average molecular weight is 435 g/mol. The quantitative estimate of drug-likeness (QED) is 0.378. The minimum atomic E-state index is -0.512. The normalized spacial score (nSPS) is 10.7. The molecule has 1 aromatic heterocycles. The summed E-state index contributed by atoms with van der Waals surface area (Å²) in [4.78, 5) is 40.6. The van der Waals surface area contributed by atoms with Crippen LogP contribution in [-0.2, 0) is 11.2 Å². The van der Waals surface area contributed by atoms with Crippen molar-refractivity contribution >= 4 is 34.1 Å². The summed E-state index contributed by atoms with van der Waals surface area (Å²) in [6.45, 7) is 0. The lowest BCUT2D eigenvalue weighted by atomic mass is 10.1. The molecule has 0 bridgehead atoms. The minimum absolute atomic E-state index is 0.0673. The molecule has 4 rings (SSSR count). The van der Waals surface area contributed by atoms with Crippen molar-refractivity contribution in [3.8, 4) is 11.4 Å². The molecule has 9 heteroatoms. The maximum absolute atomic E-state index is 13.1. The zero-order valence-corrected chi connectivity index (χ0v) is 16.7. The highest BCUT2D eigenvalue weighted by Gasteiger charge is 2.16. The summed E-state index contributed by atoms with van der Waals surface area (Å²) in [7, 11) is 0. The van der Waals surface area contributed by atoms with E-state index in [0.717, 1.165) is 4.68 Å². The summed E-state index contributed by atoms with van der Waals surface area (Å²) in [5.74, 6) is -0.237. The highest BCUT2D eigenvalue weighted by Crippen LogP contribution is 2.22. The van der Waals surface area contributed by atoms with Crippen LogP contribution in [0, 0.1) is 10.1 Å². The first kappa shape index (κ1) is 20.2. The maximum Gasteiger partial charge on any atom is 0.280 e. The Morgan fingerprint density at radius 1 is 1.06 bits per heavy atom. The predicted molar refractivity (Wildman–Crippen MR) is 118 cm³/mol. The Labute approximate surface area is 180 Å². The number of nitrogens with one attached hydrogen (secondary N) is 1. The number of carbonyl (C=O) groups is 1. The van der Waals surface area contributed by atoms with Gasteiger partial charge in [0, 0.05) is 22.7 Å². The molecule has 0 fully saturated rings. The number of nitro groups is 1. The third-order valence-corrected chi connectivity index (χ3v) is 4.84. The van der Waals surface area contributed by atoms with Crippen molar-refractivity contribution < 1.29 is 9.72 Å². The average Bonchev–Trinajstić information content (AvgIpc) is 2.76. The van der Waals surface area contributed by atoms with Crippen molar-refractivity contribution in [1.82, 2.24) is 9.66 Å². The van der Waals surface area contributed by atoms with E-state index in [2.05, 4.69) is 10.4 Å². The molecule has 0 aliphatic carbocycles. The van der Waals surface area contributed by atoms with E-state index in [1.54, 1.807) is 48.5 Å². The predicted octanol–water partition coefficient (Wildman–Crippen LogP) is 3.94. The van der Waals surface area contributed by atoms with Crippen molar-refractivity contribution in [2.24, 2.45) is 0 Å². The van der Waals surface area contributed by atoms with Crippen LogP contribution < -0.4 is 11.0 Å². The van der Waals surface area contributed by atoms with Crippen LogP contribution in [0.4, 0.5) is 5.69 Å². The number of nitrogens with zero attached hydrogens (tertiary/aromatic N) is 3. The third-order valence-electron chi connectivity index (χ3n) is 4.61. The van der Waals surface area contributed by atoms with Gasteiger partial charge in [-0.2, -0.15) is 4.68 Å². The highest BCUT2D eigenvalue weighted by molar-refractivity contribution is 6.30. The van der Waals surface area contributed by atoms with Gasteiger partial charge < -0.3 is 0 Å². The monoisotopic (exact) mass is 434 g/mol. The van der Waals surface area contributed by atoms with Gasteiger partial charge in [0.2, 0.25) is 5.91 Å². The maximum atomic E-state index is 13.1. The Morgan fingerprint density at radius 3 is 2.52 bits per heavy atom. The first-order valence-corrected chi connectivity index (χ1v) is 9.61. The van der Waals surface area contributed by atoms with Crippen molar-refractivity contribution in [3.05, 3.63) is 104 Å². The Hall–Kier alpha value is -4.04. The first-order chi connectivity index (χ1) is 14.9. The number of aromatic nitrogens is 2. The topological polar surface area (TPSA) is 107 Å². The minimum Gasteiger partial charge on any atom is -0.273 e. The molecule has 154 valence electrons. The highest BCUT2D eigenvalue weighted by atomic mass is 35.5. The van der Waals surface area contributed by atoms with E-state index in [4.69, 9.17) is 11.6 Å². The fraction of sp³-hybridized carbons (Fsp3) is 0.0455. The molecule has 4 aromatic rings. The van der Waals surface area contributed by atoms with Crippen LogP contribution in [0.1, 0.15) is 5.56 Å². The van der Waals surface area contributed by atoms with Crippen LogP contribution in [0.5, 0.6) is 0 Å². The van der Waals surface area contributed by atoms with E-state index in [1.165, 1.54) is 24.3 Å². The largest absolute Gasteiger partial charge is 0.280 e. The number of nitro benzene ring substituents is 1. The van der Waals surface area contributed by atoms with E-state index in [9.17, 15) is 19.7 Å².